The molecule has 8 heteroatoms. The maximum atomic E-state index is 12.6. The number of methoxy groups -OCH3 is 1. The fourth-order valence-electron chi connectivity index (χ4n) is 2.71. The molecule has 0 saturated carbocycles. The molecule has 0 radical (unpaired) electrons. The number of thioether (sulfide) groups is 1. The first kappa shape index (κ1) is 22.7. The lowest BCUT2D eigenvalue weighted by Gasteiger charge is -2.13. The normalized spacial score (nSPS) is 12.1. The van der Waals surface area contributed by atoms with Gasteiger partial charge in [0.25, 0.3) is 10.0 Å². The molecule has 0 unspecified atom stereocenters. The molecule has 31 heavy (non-hydrogen) atoms. The van der Waals surface area contributed by atoms with E-state index in [0.29, 0.717) is 17.1 Å². The largest absolute Gasteiger partial charge is 0.497 e. The number of benzene rings is 3. The van der Waals surface area contributed by atoms with Crippen molar-refractivity contribution >= 4 is 39.1 Å². The Morgan fingerprint density at radius 2 is 1.48 bits per heavy atom. The molecule has 1 atom stereocenters. The van der Waals surface area contributed by atoms with Crippen LogP contribution in [0, 0.1) is 6.92 Å². The summed E-state index contributed by atoms with van der Waals surface area (Å²) >= 11 is 1.46. The van der Waals surface area contributed by atoms with Gasteiger partial charge in [-0.3, -0.25) is 9.52 Å². The highest BCUT2D eigenvalue weighted by Crippen LogP contribution is 2.25. The third-order valence-electron chi connectivity index (χ3n) is 4.48. The van der Waals surface area contributed by atoms with E-state index in [1.54, 1.807) is 43.5 Å². The van der Waals surface area contributed by atoms with E-state index < -0.39 is 10.0 Å². The first-order chi connectivity index (χ1) is 14.8. The maximum Gasteiger partial charge on any atom is 0.261 e. The lowest BCUT2D eigenvalue weighted by Crippen LogP contribution is -2.22. The SMILES string of the molecule is COc1ccc(NS(=O)(=O)c2ccc(NC(=O)[C@H](C)Sc3ccc(C)cc3)cc2)cc1. The minimum Gasteiger partial charge on any atom is -0.497 e. The summed E-state index contributed by atoms with van der Waals surface area (Å²) in [7, 11) is -2.20. The molecular weight excluding hydrogens is 432 g/mol. The zero-order valence-electron chi connectivity index (χ0n) is 17.5. The number of sulfonamides is 1. The highest BCUT2D eigenvalue weighted by atomic mass is 32.2. The van der Waals surface area contributed by atoms with Gasteiger partial charge in [0.1, 0.15) is 5.75 Å². The van der Waals surface area contributed by atoms with Crippen LogP contribution < -0.4 is 14.8 Å². The first-order valence-electron chi connectivity index (χ1n) is 9.58. The number of nitrogens with one attached hydrogen (secondary N) is 2. The Morgan fingerprint density at radius 1 is 0.903 bits per heavy atom. The van der Waals surface area contributed by atoms with Crippen molar-refractivity contribution < 1.29 is 17.9 Å². The van der Waals surface area contributed by atoms with Crippen LogP contribution in [0.15, 0.2) is 82.6 Å². The average Bonchev–Trinajstić information content (AvgIpc) is 2.76. The smallest absolute Gasteiger partial charge is 0.261 e. The molecule has 0 aliphatic heterocycles. The molecule has 0 saturated heterocycles. The lowest BCUT2D eigenvalue weighted by molar-refractivity contribution is -0.115. The Balaban J connectivity index is 1.61. The zero-order chi connectivity index (χ0) is 22.4. The van der Waals surface area contributed by atoms with Crippen LogP contribution in [-0.4, -0.2) is 26.7 Å². The van der Waals surface area contributed by atoms with Gasteiger partial charge in [0.15, 0.2) is 0 Å². The van der Waals surface area contributed by atoms with E-state index in [1.807, 2.05) is 38.1 Å². The Morgan fingerprint density at radius 3 is 2.06 bits per heavy atom. The van der Waals surface area contributed by atoms with Crippen LogP contribution in [-0.2, 0) is 14.8 Å². The summed E-state index contributed by atoms with van der Waals surface area (Å²) in [5.41, 5.74) is 2.13. The molecule has 0 aliphatic rings. The molecule has 1 amide bonds. The molecule has 3 aromatic carbocycles. The number of aryl methyl sites for hydroxylation is 1. The van der Waals surface area contributed by atoms with Crippen LogP contribution in [0.3, 0.4) is 0 Å². The standard InChI is InChI=1S/C23H24N2O4S2/c1-16-4-12-21(13-5-16)30-17(2)23(26)24-18-8-14-22(15-9-18)31(27,28)25-19-6-10-20(29-3)11-7-19/h4-15,17,25H,1-3H3,(H,24,26)/t17-/m0/s1. The summed E-state index contributed by atoms with van der Waals surface area (Å²) in [6.07, 6.45) is 0. The number of hydrogen-bond acceptors (Lipinski definition) is 5. The van der Waals surface area contributed by atoms with E-state index in [4.69, 9.17) is 4.74 Å². The number of carbonyl (C=O) groups is 1. The van der Waals surface area contributed by atoms with Gasteiger partial charge in [0, 0.05) is 16.3 Å². The summed E-state index contributed by atoms with van der Waals surface area (Å²) in [4.78, 5) is 13.6. The van der Waals surface area contributed by atoms with Crippen molar-refractivity contribution in [3.8, 4) is 5.75 Å². The van der Waals surface area contributed by atoms with Crippen LogP contribution in [0.25, 0.3) is 0 Å². The van der Waals surface area contributed by atoms with Gasteiger partial charge >= 0.3 is 0 Å². The predicted molar refractivity (Wildman–Crippen MR) is 125 cm³/mol. The molecule has 2 N–H and O–H groups in total. The highest BCUT2D eigenvalue weighted by Gasteiger charge is 2.17. The fourth-order valence-corrected chi connectivity index (χ4v) is 4.63. The molecule has 3 aromatic rings. The second-order valence-corrected chi connectivity index (χ2v) is 10.0. The minimum atomic E-state index is -3.75. The van der Waals surface area contributed by atoms with E-state index in [-0.39, 0.29) is 16.1 Å². The number of rotatable bonds is 8. The molecule has 0 heterocycles. The van der Waals surface area contributed by atoms with Crippen molar-refractivity contribution in [2.45, 2.75) is 28.9 Å². The van der Waals surface area contributed by atoms with Crippen LogP contribution in [0.5, 0.6) is 5.75 Å². The van der Waals surface area contributed by atoms with E-state index in [2.05, 4.69) is 10.0 Å². The summed E-state index contributed by atoms with van der Waals surface area (Å²) in [6, 6.07) is 20.6. The second kappa shape index (κ2) is 9.89. The molecular formula is C23H24N2O4S2. The van der Waals surface area contributed by atoms with E-state index >= 15 is 0 Å². The topological polar surface area (TPSA) is 84.5 Å². The van der Waals surface area contributed by atoms with Gasteiger partial charge < -0.3 is 10.1 Å². The molecule has 0 bridgehead atoms. The van der Waals surface area contributed by atoms with Crippen molar-refractivity contribution in [2.24, 2.45) is 0 Å². The van der Waals surface area contributed by atoms with Crippen molar-refractivity contribution in [1.82, 2.24) is 0 Å². The number of anilines is 2. The summed E-state index contributed by atoms with van der Waals surface area (Å²) in [5, 5.41) is 2.52. The van der Waals surface area contributed by atoms with E-state index in [9.17, 15) is 13.2 Å². The van der Waals surface area contributed by atoms with Gasteiger partial charge in [-0.05, 0) is 74.5 Å². The van der Waals surface area contributed by atoms with Gasteiger partial charge in [-0.1, -0.05) is 17.7 Å². The number of hydrogen-bond donors (Lipinski definition) is 2. The molecule has 3 rings (SSSR count). The van der Waals surface area contributed by atoms with Crippen molar-refractivity contribution in [1.29, 1.82) is 0 Å². The van der Waals surface area contributed by atoms with E-state index in [1.165, 1.54) is 23.9 Å². The van der Waals surface area contributed by atoms with Crippen LogP contribution >= 0.6 is 11.8 Å². The number of carbonyl (C=O) groups excluding carboxylic acids is 1. The summed E-state index contributed by atoms with van der Waals surface area (Å²) < 4.78 is 32.8. The van der Waals surface area contributed by atoms with E-state index in [0.717, 1.165) is 10.5 Å². The van der Waals surface area contributed by atoms with Crippen LogP contribution in [0.4, 0.5) is 11.4 Å². The predicted octanol–water partition coefficient (Wildman–Crippen LogP) is 4.92. The molecule has 6 nitrogen and oxygen atoms in total. The zero-order valence-corrected chi connectivity index (χ0v) is 19.1. The number of amides is 1. The number of ether oxygens (including phenoxy) is 1. The molecule has 0 spiro atoms. The maximum absolute atomic E-state index is 12.6. The van der Waals surface area contributed by atoms with Gasteiger partial charge in [0.2, 0.25) is 5.91 Å². The Kier molecular flexibility index (Phi) is 7.25. The summed E-state index contributed by atoms with van der Waals surface area (Å²) in [5.74, 6) is 0.482. The molecule has 0 aliphatic carbocycles. The molecule has 0 aromatic heterocycles. The second-order valence-electron chi connectivity index (χ2n) is 6.92. The Hall–Kier alpha value is -2.97. The van der Waals surface area contributed by atoms with Crippen LogP contribution in [0.1, 0.15) is 12.5 Å². The third-order valence-corrected chi connectivity index (χ3v) is 6.99. The third kappa shape index (κ3) is 6.26. The summed E-state index contributed by atoms with van der Waals surface area (Å²) in [6.45, 7) is 3.85. The molecule has 162 valence electrons. The first-order valence-corrected chi connectivity index (χ1v) is 11.9. The monoisotopic (exact) mass is 456 g/mol. The lowest BCUT2D eigenvalue weighted by atomic mass is 10.2. The van der Waals surface area contributed by atoms with Gasteiger partial charge in [-0.15, -0.1) is 11.8 Å². The average molecular weight is 457 g/mol. The highest BCUT2D eigenvalue weighted by molar-refractivity contribution is 8.00. The fraction of sp³-hybridized carbons (Fsp3) is 0.174. The molecule has 0 fully saturated rings. The van der Waals surface area contributed by atoms with Crippen molar-refractivity contribution in [3.63, 3.8) is 0 Å². The quantitative estimate of drug-likeness (QED) is 0.470. The van der Waals surface area contributed by atoms with Gasteiger partial charge in [0.05, 0.1) is 17.3 Å². The van der Waals surface area contributed by atoms with Crippen molar-refractivity contribution in [3.05, 3.63) is 78.4 Å². The van der Waals surface area contributed by atoms with Gasteiger partial charge in [-0.2, -0.15) is 0 Å². The Labute approximate surface area is 187 Å². The minimum absolute atomic E-state index is 0.100. The van der Waals surface area contributed by atoms with Crippen LogP contribution in [0.2, 0.25) is 0 Å². The Bertz CT molecular complexity index is 1130. The van der Waals surface area contributed by atoms with Crippen molar-refractivity contribution in [2.75, 3.05) is 17.1 Å². The van der Waals surface area contributed by atoms with Gasteiger partial charge in [-0.25, -0.2) is 8.42 Å².